The largest absolute Gasteiger partial charge is 0.383 e. The summed E-state index contributed by atoms with van der Waals surface area (Å²) in [6.45, 7) is 4.13. The maximum absolute atomic E-state index is 13.7. The van der Waals surface area contributed by atoms with Gasteiger partial charge >= 0.3 is 5.69 Å². The SMILES string of the molecule is CCCCn1c(N)c(N(C)C(=O)c2cc(-c3cccs3)nc3c2c(C)nn3C)c(=O)[nH]c1=O. The van der Waals surface area contributed by atoms with Gasteiger partial charge in [0, 0.05) is 20.6 Å². The number of anilines is 2. The molecule has 0 unspecified atom stereocenters. The molecule has 4 heterocycles. The predicted octanol–water partition coefficient (Wildman–Crippen LogP) is 2.51. The first-order valence-corrected chi connectivity index (χ1v) is 11.4. The molecule has 0 spiro atoms. The number of nitrogens with two attached hydrogens (primary N) is 1. The molecule has 4 aromatic rings. The summed E-state index contributed by atoms with van der Waals surface area (Å²) in [7, 11) is 3.24. The standard InChI is InChI=1S/C22H25N7O3S/c1-5-6-9-29-18(23)17(20(30)25-22(29)32)27(3)21(31)13-11-14(15-8-7-10-33-15)24-19-16(13)12(2)26-28(19)4/h7-8,10-11H,5-6,9,23H2,1-4H3,(H,25,30,32). The Morgan fingerprint density at radius 1 is 1.33 bits per heavy atom. The fraction of sp³-hybridized carbons (Fsp3) is 0.318. The Hall–Kier alpha value is -3.73. The molecule has 0 aliphatic rings. The van der Waals surface area contributed by atoms with E-state index in [1.807, 2.05) is 24.4 Å². The van der Waals surface area contributed by atoms with Crippen LogP contribution in [0.2, 0.25) is 0 Å². The van der Waals surface area contributed by atoms with E-state index < -0.39 is 17.2 Å². The van der Waals surface area contributed by atoms with Gasteiger partial charge in [0.1, 0.15) is 5.82 Å². The van der Waals surface area contributed by atoms with Crippen LogP contribution in [0.15, 0.2) is 33.2 Å². The monoisotopic (exact) mass is 467 g/mol. The fourth-order valence-corrected chi connectivity index (χ4v) is 4.57. The van der Waals surface area contributed by atoms with Crippen molar-refractivity contribution in [1.29, 1.82) is 0 Å². The first kappa shape index (κ1) is 22.5. The molecule has 172 valence electrons. The van der Waals surface area contributed by atoms with E-state index in [2.05, 4.69) is 10.1 Å². The number of nitrogens with zero attached hydrogens (tertiary/aromatic N) is 5. The van der Waals surface area contributed by atoms with Gasteiger partial charge in [0.05, 0.1) is 27.2 Å². The Balaban J connectivity index is 1.89. The van der Waals surface area contributed by atoms with Crippen LogP contribution < -0.4 is 21.9 Å². The van der Waals surface area contributed by atoms with Crippen LogP contribution in [0.3, 0.4) is 0 Å². The van der Waals surface area contributed by atoms with Gasteiger partial charge < -0.3 is 10.6 Å². The average Bonchev–Trinajstić information content (AvgIpc) is 3.41. The van der Waals surface area contributed by atoms with Gasteiger partial charge in [-0.15, -0.1) is 11.3 Å². The van der Waals surface area contributed by atoms with E-state index in [0.29, 0.717) is 41.0 Å². The lowest BCUT2D eigenvalue weighted by Crippen LogP contribution is -2.39. The van der Waals surface area contributed by atoms with Gasteiger partial charge in [-0.25, -0.2) is 9.78 Å². The number of nitrogens with one attached hydrogen (secondary N) is 1. The van der Waals surface area contributed by atoms with Crippen molar-refractivity contribution in [2.45, 2.75) is 33.2 Å². The van der Waals surface area contributed by atoms with Crippen molar-refractivity contribution in [3.8, 4) is 10.6 Å². The van der Waals surface area contributed by atoms with Gasteiger partial charge in [-0.05, 0) is 30.9 Å². The fourth-order valence-electron chi connectivity index (χ4n) is 3.89. The third-order valence-corrected chi connectivity index (χ3v) is 6.45. The van der Waals surface area contributed by atoms with Gasteiger partial charge in [0.15, 0.2) is 11.3 Å². The average molecular weight is 468 g/mol. The number of nitrogen functional groups attached to an aromatic ring is 1. The summed E-state index contributed by atoms with van der Waals surface area (Å²) in [5.74, 6) is -0.492. The van der Waals surface area contributed by atoms with Crippen LogP contribution in [0.1, 0.15) is 35.8 Å². The number of carbonyl (C=O) groups is 1. The highest BCUT2D eigenvalue weighted by Crippen LogP contribution is 2.30. The summed E-state index contributed by atoms with van der Waals surface area (Å²) in [6, 6.07) is 5.54. The molecule has 0 saturated carbocycles. The molecule has 10 nitrogen and oxygen atoms in total. The van der Waals surface area contributed by atoms with E-state index in [1.165, 1.54) is 27.9 Å². The molecule has 0 aromatic carbocycles. The number of aryl methyl sites for hydroxylation is 2. The van der Waals surface area contributed by atoms with Gasteiger partial charge in [-0.2, -0.15) is 5.10 Å². The second kappa shape index (κ2) is 8.66. The molecular formula is C22H25N7O3S. The number of hydrogen-bond acceptors (Lipinski definition) is 7. The summed E-state index contributed by atoms with van der Waals surface area (Å²) >= 11 is 1.51. The number of rotatable bonds is 6. The number of thiophene rings is 1. The number of amides is 1. The highest BCUT2D eigenvalue weighted by atomic mass is 32.1. The van der Waals surface area contributed by atoms with E-state index in [-0.39, 0.29) is 11.5 Å². The number of aromatic amines is 1. The Morgan fingerprint density at radius 3 is 2.76 bits per heavy atom. The molecule has 1 amide bonds. The minimum Gasteiger partial charge on any atom is -0.383 e. The predicted molar refractivity (Wildman–Crippen MR) is 130 cm³/mol. The third kappa shape index (κ3) is 3.84. The molecule has 0 fully saturated rings. The third-order valence-electron chi connectivity index (χ3n) is 5.56. The van der Waals surface area contributed by atoms with Crippen LogP contribution in [0.25, 0.3) is 21.6 Å². The molecule has 33 heavy (non-hydrogen) atoms. The summed E-state index contributed by atoms with van der Waals surface area (Å²) in [5, 5.41) is 6.97. The molecule has 0 radical (unpaired) electrons. The van der Waals surface area contributed by atoms with E-state index in [1.54, 1.807) is 24.7 Å². The molecule has 3 N–H and O–H groups in total. The van der Waals surface area contributed by atoms with Crippen molar-refractivity contribution in [2.24, 2.45) is 7.05 Å². The van der Waals surface area contributed by atoms with Gasteiger partial charge in [-0.3, -0.25) is 23.8 Å². The molecule has 0 aliphatic carbocycles. The van der Waals surface area contributed by atoms with Crippen molar-refractivity contribution in [3.63, 3.8) is 0 Å². The van der Waals surface area contributed by atoms with Gasteiger partial charge in [0.25, 0.3) is 11.5 Å². The van der Waals surface area contributed by atoms with E-state index in [0.717, 1.165) is 11.3 Å². The summed E-state index contributed by atoms with van der Waals surface area (Å²) in [5.41, 5.74) is 7.02. The summed E-state index contributed by atoms with van der Waals surface area (Å²) in [4.78, 5) is 47.8. The zero-order valence-corrected chi connectivity index (χ0v) is 19.7. The Bertz CT molecular complexity index is 1460. The Labute approximate surface area is 193 Å². The van der Waals surface area contributed by atoms with Crippen molar-refractivity contribution < 1.29 is 4.79 Å². The molecule has 4 rings (SSSR count). The van der Waals surface area contributed by atoms with Crippen LogP contribution in [0, 0.1) is 6.92 Å². The molecule has 11 heteroatoms. The minimum atomic E-state index is -0.715. The quantitative estimate of drug-likeness (QED) is 0.448. The minimum absolute atomic E-state index is 0.0419. The van der Waals surface area contributed by atoms with E-state index in [4.69, 9.17) is 10.7 Å². The lowest BCUT2D eigenvalue weighted by molar-refractivity contribution is 0.0994. The number of unbranched alkanes of at least 4 members (excludes halogenated alkanes) is 1. The molecule has 0 aliphatic heterocycles. The lowest BCUT2D eigenvalue weighted by atomic mass is 10.1. The maximum Gasteiger partial charge on any atom is 0.330 e. The highest BCUT2D eigenvalue weighted by Gasteiger charge is 2.26. The number of fused-ring (bicyclic) bond motifs is 1. The normalized spacial score (nSPS) is 11.3. The summed E-state index contributed by atoms with van der Waals surface area (Å²) < 4.78 is 2.92. The Kier molecular flexibility index (Phi) is 5.90. The first-order valence-electron chi connectivity index (χ1n) is 10.5. The molecule has 0 saturated heterocycles. The summed E-state index contributed by atoms with van der Waals surface area (Å²) in [6.07, 6.45) is 1.55. The van der Waals surface area contributed by atoms with Crippen LogP contribution >= 0.6 is 11.3 Å². The lowest BCUT2D eigenvalue weighted by Gasteiger charge is -2.21. The van der Waals surface area contributed by atoms with Crippen LogP contribution in [-0.4, -0.2) is 37.3 Å². The van der Waals surface area contributed by atoms with Crippen LogP contribution in [-0.2, 0) is 13.6 Å². The number of hydrogen-bond donors (Lipinski definition) is 2. The topological polar surface area (TPSA) is 132 Å². The molecule has 0 bridgehead atoms. The van der Waals surface area contributed by atoms with Crippen molar-refractivity contribution in [1.82, 2.24) is 24.3 Å². The molecule has 4 aromatic heterocycles. The zero-order chi connectivity index (χ0) is 23.9. The van der Waals surface area contributed by atoms with E-state index >= 15 is 0 Å². The van der Waals surface area contributed by atoms with E-state index in [9.17, 15) is 14.4 Å². The number of pyridine rings is 1. The smallest absolute Gasteiger partial charge is 0.330 e. The number of carbonyl (C=O) groups excluding carboxylic acids is 1. The molecule has 0 atom stereocenters. The Morgan fingerprint density at radius 2 is 2.09 bits per heavy atom. The molecular weight excluding hydrogens is 442 g/mol. The number of H-pyrrole nitrogens is 1. The van der Waals surface area contributed by atoms with Crippen molar-refractivity contribution >= 4 is 39.8 Å². The van der Waals surface area contributed by atoms with Crippen LogP contribution in [0.5, 0.6) is 0 Å². The number of aromatic nitrogens is 5. The maximum atomic E-state index is 13.7. The second-order valence-electron chi connectivity index (χ2n) is 7.80. The zero-order valence-electron chi connectivity index (χ0n) is 18.9. The van der Waals surface area contributed by atoms with Crippen LogP contribution in [0.4, 0.5) is 11.5 Å². The highest BCUT2D eigenvalue weighted by molar-refractivity contribution is 7.13. The second-order valence-corrected chi connectivity index (χ2v) is 8.75. The first-order chi connectivity index (χ1) is 15.7. The van der Waals surface area contributed by atoms with Crippen molar-refractivity contribution in [2.75, 3.05) is 17.7 Å². The van der Waals surface area contributed by atoms with Gasteiger partial charge in [0.2, 0.25) is 0 Å². The van der Waals surface area contributed by atoms with Gasteiger partial charge in [-0.1, -0.05) is 19.4 Å². The van der Waals surface area contributed by atoms with Crippen molar-refractivity contribution in [3.05, 3.63) is 55.7 Å².